The number of ether oxygens (including phenoxy) is 1. The first-order chi connectivity index (χ1) is 10.3. The van der Waals surface area contributed by atoms with Crippen molar-refractivity contribution >= 4 is 31.1 Å². The number of amidine groups is 1. The number of carbonyl (C=O) groups is 1. The van der Waals surface area contributed by atoms with Crippen LogP contribution in [0.5, 0.6) is 0 Å². The SMILES string of the molecule is C[Si](C)(C)CCOC(=O)N1CC2CC3N=C(N)SC3C(C1)N2. The Kier molecular flexibility index (Phi) is 4.44. The first-order valence-corrected chi connectivity index (χ1v) is 12.6. The number of rotatable bonds is 3. The van der Waals surface area contributed by atoms with Gasteiger partial charge >= 0.3 is 6.09 Å². The van der Waals surface area contributed by atoms with Crippen molar-refractivity contribution in [1.82, 2.24) is 10.2 Å². The van der Waals surface area contributed by atoms with Crippen molar-refractivity contribution in [2.45, 2.75) is 55.5 Å². The second-order valence-corrected chi connectivity index (χ2v) is 14.5. The predicted molar refractivity (Wildman–Crippen MR) is 93.2 cm³/mol. The van der Waals surface area contributed by atoms with Gasteiger partial charge in [0.1, 0.15) is 0 Å². The molecule has 0 saturated carbocycles. The van der Waals surface area contributed by atoms with E-state index in [4.69, 9.17) is 10.5 Å². The number of hydrogen-bond donors (Lipinski definition) is 2. The normalized spacial score (nSPS) is 34.1. The van der Waals surface area contributed by atoms with Crippen molar-refractivity contribution in [3.8, 4) is 0 Å². The molecule has 3 aliphatic rings. The second-order valence-electron chi connectivity index (χ2n) is 7.65. The summed E-state index contributed by atoms with van der Waals surface area (Å²) in [5, 5.41) is 4.66. The van der Waals surface area contributed by atoms with Crippen LogP contribution in [0.25, 0.3) is 0 Å². The van der Waals surface area contributed by atoms with Crippen molar-refractivity contribution in [3.05, 3.63) is 0 Å². The molecule has 3 rings (SSSR count). The molecule has 0 aromatic rings. The van der Waals surface area contributed by atoms with E-state index in [9.17, 15) is 4.79 Å². The van der Waals surface area contributed by atoms with Crippen molar-refractivity contribution in [2.24, 2.45) is 10.7 Å². The number of piperazine rings is 1. The van der Waals surface area contributed by atoms with Gasteiger partial charge in [-0.1, -0.05) is 31.4 Å². The topological polar surface area (TPSA) is 80.0 Å². The van der Waals surface area contributed by atoms with Crippen LogP contribution >= 0.6 is 11.8 Å². The smallest absolute Gasteiger partial charge is 0.409 e. The Hall–Kier alpha value is -0.733. The van der Waals surface area contributed by atoms with Crippen molar-refractivity contribution in [3.63, 3.8) is 0 Å². The third kappa shape index (κ3) is 3.60. The lowest BCUT2D eigenvalue weighted by Crippen LogP contribution is -2.66. The van der Waals surface area contributed by atoms with Gasteiger partial charge in [-0.2, -0.15) is 0 Å². The van der Waals surface area contributed by atoms with Crippen LogP contribution in [0, 0.1) is 0 Å². The molecule has 1 amide bonds. The third-order valence-corrected chi connectivity index (χ3v) is 7.46. The second kappa shape index (κ2) is 6.05. The predicted octanol–water partition coefficient (Wildman–Crippen LogP) is 1.31. The van der Waals surface area contributed by atoms with E-state index < -0.39 is 8.07 Å². The fourth-order valence-corrected chi connectivity index (χ4v) is 5.17. The van der Waals surface area contributed by atoms with Crippen LogP contribution in [-0.4, -0.2) is 67.3 Å². The number of likely N-dealkylation sites (tertiary alicyclic amines) is 1. The minimum atomic E-state index is -1.16. The molecule has 0 aromatic heterocycles. The zero-order chi connectivity index (χ0) is 15.9. The van der Waals surface area contributed by atoms with Gasteiger partial charge in [0.05, 0.1) is 17.9 Å². The van der Waals surface area contributed by atoms with Gasteiger partial charge in [-0.05, 0) is 12.5 Å². The van der Waals surface area contributed by atoms with Gasteiger partial charge < -0.3 is 20.7 Å². The fourth-order valence-electron chi connectivity index (χ4n) is 3.33. The van der Waals surface area contributed by atoms with E-state index in [-0.39, 0.29) is 12.1 Å². The Morgan fingerprint density at radius 2 is 2.27 bits per heavy atom. The molecule has 22 heavy (non-hydrogen) atoms. The van der Waals surface area contributed by atoms with Crippen molar-refractivity contribution in [2.75, 3.05) is 19.7 Å². The Morgan fingerprint density at radius 3 is 3.00 bits per heavy atom. The molecule has 3 aliphatic heterocycles. The average molecular weight is 343 g/mol. The zero-order valence-corrected chi connectivity index (χ0v) is 15.4. The summed E-state index contributed by atoms with van der Waals surface area (Å²) >= 11 is 1.65. The highest BCUT2D eigenvalue weighted by Gasteiger charge is 2.46. The molecule has 2 saturated heterocycles. The van der Waals surface area contributed by atoms with Crippen LogP contribution < -0.4 is 11.1 Å². The number of amides is 1. The Labute approximate surface area is 137 Å². The maximum Gasteiger partial charge on any atom is 0.409 e. The first-order valence-electron chi connectivity index (χ1n) is 7.99. The molecular weight excluding hydrogens is 316 g/mol. The van der Waals surface area contributed by atoms with Gasteiger partial charge in [0.2, 0.25) is 0 Å². The summed E-state index contributed by atoms with van der Waals surface area (Å²) in [7, 11) is -1.16. The van der Waals surface area contributed by atoms with Gasteiger partial charge in [0.25, 0.3) is 0 Å². The highest BCUT2D eigenvalue weighted by atomic mass is 32.2. The molecule has 4 atom stereocenters. The maximum absolute atomic E-state index is 12.3. The van der Waals surface area contributed by atoms with E-state index in [1.165, 1.54) is 0 Å². The summed E-state index contributed by atoms with van der Waals surface area (Å²) in [6.45, 7) is 8.82. The van der Waals surface area contributed by atoms with E-state index in [2.05, 4.69) is 30.0 Å². The molecule has 124 valence electrons. The number of nitrogens with zero attached hydrogens (tertiary/aromatic N) is 2. The van der Waals surface area contributed by atoms with Crippen LogP contribution in [0.4, 0.5) is 4.79 Å². The van der Waals surface area contributed by atoms with E-state index in [0.29, 0.717) is 42.2 Å². The lowest BCUT2D eigenvalue weighted by atomic mass is 9.90. The third-order valence-electron chi connectivity index (χ3n) is 4.50. The lowest BCUT2D eigenvalue weighted by molar-refractivity contribution is 0.0734. The van der Waals surface area contributed by atoms with Crippen LogP contribution in [0.3, 0.4) is 0 Å². The number of piperidine rings is 1. The number of fused-ring (bicyclic) bond motifs is 4. The summed E-state index contributed by atoms with van der Waals surface area (Å²) in [5.74, 6) is 0. The molecular formula is C14H26N4O2SSi. The molecule has 8 heteroatoms. The van der Waals surface area contributed by atoms with E-state index in [1.807, 2.05) is 4.90 Å². The number of nitrogens with two attached hydrogens (primary N) is 1. The summed E-state index contributed by atoms with van der Waals surface area (Å²) in [5.41, 5.74) is 5.86. The Morgan fingerprint density at radius 1 is 1.50 bits per heavy atom. The summed E-state index contributed by atoms with van der Waals surface area (Å²) in [6.07, 6.45) is 0.790. The molecule has 2 fully saturated rings. The number of thioether (sulfide) groups is 1. The molecule has 0 radical (unpaired) electrons. The lowest BCUT2D eigenvalue weighted by Gasteiger charge is -2.46. The molecule has 6 nitrogen and oxygen atoms in total. The summed E-state index contributed by atoms with van der Waals surface area (Å²) in [6, 6.07) is 1.89. The monoisotopic (exact) mass is 342 g/mol. The van der Waals surface area contributed by atoms with Crippen molar-refractivity contribution in [1.29, 1.82) is 0 Å². The quantitative estimate of drug-likeness (QED) is 0.756. The van der Waals surface area contributed by atoms with Crippen LogP contribution in [-0.2, 0) is 4.74 Å². The van der Waals surface area contributed by atoms with Gasteiger partial charge in [-0.15, -0.1) is 0 Å². The van der Waals surface area contributed by atoms with Crippen LogP contribution in [0.15, 0.2) is 4.99 Å². The molecule has 2 bridgehead atoms. The fraction of sp³-hybridized carbons (Fsp3) is 0.857. The molecule has 0 aromatic carbocycles. The highest BCUT2D eigenvalue weighted by Crippen LogP contribution is 2.36. The largest absolute Gasteiger partial charge is 0.450 e. The minimum Gasteiger partial charge on any atom is -0.450 e. The first kappa shape index (κ1) is 16.1. The number of aliphatic imine (C=N–C) groups is 1. The van der Waals surface area contributed by atoms with E-state index >= 15 is 0 Å². The highest BCUT2D eigenvalue weighted by molar-refractivity contribution is 8.14. The molecule has 0 aliphatic carbocycles. The number of carbonyl (C=O) groups excluding carboxylic acids is 1. The number of hydrogen-bond acceptors (Lipinski definition) is 6. The van der Waals surface area contributed by atoms with Gasteiger partial charge in [-0.3, -0.25) is 4.99 Å². The number of nitrogens with one attached hydrogen (secondary N) is 1. The van der Waals surface area contributed by atoms with E-state index in [1.54, 1.807) is 11.8 Å². The molecule has 0 spiro atoms. The van der Waals surface area contributed by atoms with E-state index in [0.717, 1.165) is 12.5 Å². The molecule has 3 heterocycles. The van der Waals surface area contributed by atoms with Gasteiger partial charge in [0, 0.05) is 33.2 Å². The maximum atomic E-state index is 12.3. The molecule has 3 N–H and O–H groups in total. The van der Waals surface area contributed by atoms with Crippen LogP contribution in [0.1, 0.15) is 6.42 Å². The zero-order valence-electron chi connectivity index (χ0n) is 13.5. The average Bonchev–Trinajstić information content (AvgIpc) is 2.77. The molecule has 4 unspecified atom stereocenters. The Bertz CT molecular complexity index is 482. The standard InChI is InChI=1S/C14H26N4O2SSi/c1-22(2,3)5-4-20-14(19)18-7-9-6-10-12(11(8-18)16-9)21-13(15)17-10/h9-12,16H,4-8H2,1-3H3,(H2,15,17). The minimum absolute atomic E-state index is 0.162. The summed E-state index contributed by atoms with van der Waals surface area (Å²) < 4.78 is 5.49. The Balaban J connectivity index is 1.54. The summed E-state index contributed by atoms with van der Waals surface area (Å²) in [4.78, 5) is 18.7. The van der Waals surface area contributed by atoms with Gasteiger partial charge in [-0.25, -0.2) is 4.79 Å². The van der Waals surface area contributed by atoms with Crippen molar-refractivity contribution < 1.29 is 9.53 Å². The van der Waals surface area contributed by atoms with Crippen LogP contribution in [0.2, 0.25) is 25.7 Å². The van der Waals surface area contributed by atoms with Gasteiger partial charge in [0.15, 0.2) is 5.17 Å².